The summed E-state index contributed by atoms with van der Waals surface area (Å²) >= 11 is 6.24. The van der Waals surface area contributed by atoms with Crippen LogP contribution >= 0.6 is 11.6 Å². The Kier molecular flexibility index (Phi) is 4.50. The number of aromatic nitrogens is 4. The second-order valence-corrected chi connectivity index (χ2v) is 5.39. The van der Waals surface area contributed by atoms with Gasteiger partial charge < -0.3 is 5.32 Å². The van der Waals surface area contributed by atoms with Crippen molar-refractivity contribution in [2.45, 2.75) is 27.3 Å². The Hall–Kier alpha value is -1.46. The largest absolute Gasteiger partial charge is 0.310 e. The van der Waals surface area contributed by atoms with Crippen LogP contribution in [0.15, 0.2) is 18.2 Å². The fourth-order valence-electron chi connectivity index (χ4n) is 1.76. The van der Waals surface area contributed by atoms with E-state index in [1.54, 1.807) is 4.68 Å². The first-order valence-corrected chi connectivity index (χ1v) is 6.70. The number of nitrogens with one attached hydrogen (secondary N) is 1. The van der Waals surface area contributed by atoms with Crippen molar-refractivity contribution in [3.05, 3.63) is 34.6 Å². The van der Waals surface area contributed by atoms with E-state index in [9.17, 15) is 0 Å². The summed E-state index contributed by atoms with van der Waals surface area (Å²) in [6.07, 6.45) is 0. The number of nitrogens with zero attached hydrogens (tertiary/aromatic N) is 4. The lowest BCUT2D eigenvalue weighted by atomic mass is 10.2. The number of rotatable bonds is 5. The molecule has 102 valence electrons. The van der Waals surface area contributed by atoms with Crippen LogP contribution in [-0.2, 0) is 6.54 Å². The Bertz CT molecular complexity index is 550. The number of hydrogen-bond acceptors (Lipinski definition) is 4. The summed E-state index contributed by atoms with van der Waals surface area (Å²) in [5.74, 6) is 1.35. The molecule has 0 atom stereocenters. The van der Waals surface area contributed by atoms with Gasteiger partial charge in [-0.2, -0.15) is 4.68 Å². The molecule has 0 amide bonds. The highest BCUT2D eigenvalue weighted by Gasteiger charge is 2.11. The normalized spacial score (nSPS) is 11.2. The van der Waals surface area contributed by atoms with Gasteiger partial charge in [-0.25, -0.2) is 0 Å². The summed E-state index contributed by atoms with van der Waals surface area (Å²) in [7, 11) is 0. The lowest BCUT2D eigenvalue weighted by molar-refractivity contribution is 0.538. The third-order valence-electron chi connectivity index (χ3n) is 2.70. The molecule has 0 saturated carbocycles. The molecule has 2 rings (SSSR count). The van der Waals surface area contributed by atoms with Gasteiger partial charge in [-0.15, -0.1) is 5.10 Å². The van der Waals surface area contributed by atoms with Crippen molar-refractivity contribution in [2.75, 3.05) is 6.54 Å². The van der Waals surface area contributed by atoms with Crippen molar-refractivity contribution in [2.24, 2.45) is 5.92 Å². The van der Waals surface area contributed by atoms with Crippen LogP contribution in [0.2, 0.25) is 5.02 Å². The number of benzene rings is 1. The first-order valence-electron chi connectivity index (χ1n) is 6.32. The topological polar surface area (TPSA) is 55.6 Å². The zero-order chi connectivity index (χ0) is 13.8. The lowest BCUT2D eigenvalue weighted by Gasteiger charge is -2.09. The molecule has 0 aliphatic carbocycles. The molecular formula is C13H18ClN5. The third-order valence-corrected chi connectivity index (χ3v) is 3.00. The van der Waals surface area contributed by atoms with Crippen molar-refractivity contribution < 1.29 is 0 Å². The molecule has 0 aliphatic rings. The van der Waals surface area contributed by atoms with E-state index in [1.165, 1.54) is 0 Å². The van der Waals surface area contributed by atoms with Gasteiger partial charge in [0.25, 0.3) is 0 Å². The van der Waals surface area contributed by atoms with Crippen molar-refractivity contribution in [3.63, 3.8) is 0 Å². The number of halogens is 1. The average molecular weight is 280 g/mol. The summed E-state index contributed by atoms with van der Waals surface area (Å²) in [6, 6.07) is 5.83. The fourth-order valence-corrected chi connectivity index (χ4v) is 2.07. The monoisotopic (exact) mass is 279 g/mol. The molecule has 0 radical (unpaired) electrons. The molecular weight excluding hydrogens is 262 g/mol. The number of tetrazole rings is 1. The van der Waals surface area contributed by atoms with Crippen LogP contribution in [0, 0.1) is 12.8 Å². The Morgan fingerprint density at radius 2 is 2.16 bits per heavy atom. The maximum atomic E-state index is 6.24. The SMILES string of the molecule is Cc1ccc(-n2nnnc2CNCC(C)C)c(Cl)c1. The van der Waals surface area contributed by atoms with E-state index in [-0.39, 0.29) is 0 Å². The van der Waals surface area contributed by atoms with E-state index in [0.717, 1.165) is 23.6 Å². The van der Waals surface area contributed by atoms with Crippen LogP contribution in [-0.4, -0.2) is 26.8 Å². The Morgan fingerprint density at radius 1 is 1.37 bits per heavy atom. The highest BCUT2D eigenvalue weighted by atomic mass is 35.5. The summed E-state index contributed by atoms with van der Waals surface area (Å²) < 4.78 is 1.68. The number of aryl methyl sites for hydroxylation is 1. The summed E-state index contributed by atoms with van der Waals surface area (Å²) in [4.78, 5) is 0. The van der Waals surface area contributed by atoms with Crippen LogP contribution in [0.3, 0.4) is 0 Å². The molecule has 2 aromatic rings. The Morgan fingerprint density at radius 3 is 2.84 bits per heavy atom. The quantitative estimate of drug-likeness (QED) is 0.913. The van der Waals surface area contributed by atoms with Crippen molar-refractivity contribution >= 4 is 11.6 Å². The molecule has 0 saturated heterocycles. The lowest BCUT2D eigenvalue weighted by Crippen LogP contribution is -2.21. The molecule has 1 heterocycles. The van der Waals surface area contributed by atoms with Gasteiger partial charge >= 0.3 is 0 Å². The minimum atomic E-state index is 0.590. The van der Waals surface area contributed by atoms with Gasteiger partial charge in [-0.05, 0) is 47.5 Å². The zero-order valence-corrected chi connectivity index (χ0v) is 12.1. The highest BCUT2D eigenvalue weighted by molar-refractivity contribution is 6.32. The van der Waals surface area contributed by atoms with Gasteiger partial charge in [0.05, 0.1) is 17.3 Å². The molecule has 0 spiro atoms. The van der Waals surface area contributed by atoms with Gasteiger partial charge in [-0.1, -0.05) is 31.5 Å². The van der Waals surface area contributed by atoms with Crippen LogP contribution in [0.4, 0.5) is 0 Å². The Labute approximate surface area is 118 Å². The van der Waals surface area contributed by atoms with Crippen LogP contribution in [0.5, 0.6) is 0 Å². The average Bonchev–Trinajstić information content (AvgIpc) is 2.77. The maximum absolute atomic E-state index is 6.24. The van der Waals surface area contributed by atoms with Gasteiger partial charge in [0.15, 0.2) is 5.82 Å². The zero-order valence-electron chi connectivity index (χ0n) is 11.4. The summed E-state index contributed by atoms with van der Waals surface area (Å²) in [6.45, 7) is 7.86. The first kappa shape index (κ1) is 14.0. The van der Waals surface area contributed by atoms with E-state index in [0.29, 0.717) is 17.5 Å². The van der Waals surface area contributed by atoms with E-state index >= 15 is 0 Å². The fraction of sp³-hybridized carbons (Fsp3) is 0.462. The molecule has 19 heavy (non-hydrogen) atoms. The highest BCUT2D eigenvalue weighted by Crippen LogP contribution is 2.21. The molecule has 0 unspecified atom stereocenters. The summed E-state index contributed by atoms with van der Waals surface area (Å²) in [5.41, 5.74) is 1.92. The second-order valence-electron chi connectivity index (χ2n) is 4.99. The second kappa shape index (κ2) is 6.12. The standard InChI is InChI=1S/C13H18ClN5/c1-9(2)7-15-8-13-16-17-18-19(13)12-5-4-10(3)6-11(12)14/h4-6,9,15H,7-8H2,1-3H3. The molecule has 6 heteroatoms. The predicted molar refractivity (Wildman–Crippen MR) is 75.4 cm³/mol. The number of hydrogen-bond donors (Lipinski definition) is 1. The maximum Gasteiger partial charge on any atom is 0.170 e. The van der Waals surface area contributed by atoms with E-state index < -0.39 is 0 Å². The van der Waals surface area contributed by atoms with E-state index in [1.807, 2.05) is 25.1 Å². The van der Waals surface area contributed by atoms with Gasteiger partial charge in [0.1, 0.15) is 0 Å². The minimum absolute atomic E-state index is 0.590. The molecule has 5 nitrogen and oxygen atoms in total. The summed E-state index contributed by atoms with van der Waals surface area (Å²) in [5, 5.41) is 15.7. The van der Waals surface area contributed by atoms with E-state index in [4.69, 9.17) is 11.6 Å². The van der Waals surface area contributed by atoms with Crippen molar-refractivity contribution in [1.82, 2.24) is 25.5 Å². The van der Waals surface area contributed by atoms with Gasteiger partial charge in [0.2, 0.25) is 0 Å². The van der Waals surface area contributed by atoms with E-state index in [2.05, 4.69) is 34.7 Å². The third kappa shape index (κ3) is 3.52. The molecule has 0 bridgehead atoms. The smallest absolute Gasteiger partial charge is 0.170 e. The first-order chi connectivity index (χ1) is 9.08. The van der Waals surface area contributed by atoms with Crippen LogP contribution in [0.1, 0.15) is 25.2 Å². The van der Waals surface area contributed by atoms with Crippen LogP contribution < -0.4 is 5.32 Å². The molecule has 0 aliphatic heterocycles. The molecule has 1 aromatic carbocycles. The van der Waals surface area contributed by atoms with Crippen molar-refractivity contribution in [3.8, 4) is 5.69 Å². The van der Waals surface area contributed by atoms with Crippen molar-refractivity contribution in [1.29, 1.82) is 0 Å². The molecule has 1 N–H and O–H groups in total. The van der Waals surface area contributed by atoms with Gasteiger partial charge in [0, 0.05) is 0 Å². The van der Waals surface area contributed by atoms with Crippen LogP contribution in [0.25, 0.3) is 5.69 Å². The molecule has 0 fully saturated rings. The minimum Gasteiger partial charge on any atom is -0.310 e. The Balaban J connectivity index is 2.19. The predicted octanol–water partition coefficient (Wildman–Crippen LogP) is 2.37. The molecule has 1 aromatic heterocycles. The van der Waals surface area contributed by atoms with Gasteiger partial charge in [-0.3, -0.25) is 0 Å².